The summed E-state index contributed by atoms with van der Waals surface area (Å²) >= 11 is 0. The van der Waals surface area contributed by atoms with Gasteiger partial charge in [-0.05, 0) is 31.8 Å². The lowest BCUT2D eigenvalue weighted by Gasteiger charge is -2.27. The number of esters is 1. The van der Waals surface area contributed by atoms with Gasteiger partial charge in [0, 0.05) is 13.0 Å². The summed E-state index contributed by atoms with van der Waals surface area (Å²) in [4.78, 5) is 23.8. The van der Waals surface area contributed by atoms with E-state index in [1.807, 2.05) is 0 Å². The summed E-state index contributed by atoms with van der Waals surface area (Å²) in [7, 11) is 1.16. The molecule has 1 saturated heterocycles. The van der Waals surface area contributed by atoms with Crippen LogP contribution in [0.5, 0.6) is 0 Å². The van der Waals surface area contributed by atoms with Crippen molar-refractivity contribution in [2.24, 2.45) is 5.92 Å². The van der Waals surface area contributed by atoms with Crippen molar-refractivity contribution in [2.45, 2.75) is 31.9 Å². The van der Waals surface area contributed by atoms with Crippen LogP contribution in [0, 0.1) is 5.92 Å². The highest BCUT2D eigenvalue weighted by Crippen LogP contribution is 2.20. The zero-order valence-corrected chi connectivity index (χ0v) is 12.0. The zero-order chi connectivity index (χ0) is 15.9. The van der Waals surface area contributed by atoms with Crippen LogP contribution in [0.25, 0.3) is 0 Å². The van der Waals surface area contributed by atoms with Crippen molar-refractivity contribution in [3.63, 3.8) is 0 Å². The number of carbonyl (C=O) groups excluding carboxylic acids is 2. The van der Waals surface area contributed by atoms with Crippen molar-refractivity contribution >= 4 is 11.9 Å². The standard InChI is InChI=1S/C13H21F3N2O3/c1-21-12(20)4-6-18(9-13(14,15)16)11(19)7-10-3-2-5-17-8-10/h10,17H,2-9H2,1H3. The second-order valence-corrected chi connectivity index (χ2v) is 5.17. The highest BCUT2D eigenvalue weighted by molar-refractivity contribution is 5.77. The molecule has 5 nitrogen and oxygen atoms in total. The van der Waals surface area contributed by atoms with Gasteiger partial charge < -0.3 is 15.0 Å². The highest BCUT2D eigenvalue weighted by atomic mass is 19.4. The molecule has 1 rings (SSSR count). The topological polar surface area (TPSA) is 58.6 Å². The summed E-state index contributed by atoms with van der Waals surface area (Å²) in [5, 5.41) is 3.12. The third-order valence-corrected chi connectivity index (χ3v) is 3.40. The van der Waals surface area contributed by atoms with Crippen LogP contribution in [0.2, 0.25) is 0 Å². The van der Waals surface area contributed by atoms with Crippen molar-refractivity contribution in [1.82, 2.24) is 10.2 Å². The van der Waals surface area contributed by atoms with Crippen molar-refractivity contribution in [3.05, 3.63) is 0 Å². The summed E-state index contributed by atoms with van der Waals surface area (Å²) < 4.78 is 42.0. The van der Waals surface area contributed by atoms with Gasteiger partial charge in [-0.2, -0.15) is 13.2 Å². The van der Waals surface area contributed by atoms with Gasteiger partial charge in [0.05, 0.1) is 13.5 Å². The Kier molecular flexibility index (Phi) is 6.94. The first-order valence-corrected chi connectivity index (χ1v) is 6.94. The molecule has 1 N–H and O–H groups in total. The molecule has 0 aromatic rings. The van der Waals surface area contributed by atoms with Gasteiger partial charge in [0.25, 0.3) is 0 Å². The van der Waals surface area contributed by atoms with Gasteiger partial charge in [0.2, 0.25) is 5.91 Å². The average Bonchev–Trinajstić information content (AvgIpc) is 2.42. The van der Waals surface area contributed by atoms with Gasteiger partial charge in [-0.1, -0.05) is 0 Å². The molecule has 0 bridgehead atoms. The smallest absolute Gasteiger partial charge is 0.406 e. The van der Waals surface area contributed by atoms with Crippen LogP contribution in [-0.2, 0) is 14.3 Å². The van der Waals surface area contributed by atoms with Crippen molar-refractivity contribution < 1.29 is 27.5 Å². The summed E-state index contributed by atoms with van der Waals surface area (Å²) in [5.74, 6) is -1.14. The van der Waals surface area contributed by atoms with Crippen LogP contribution in [0.4, 0.5) is 13.2 Å². The lowest BCUT2D eigenvalue weighted by Crippen LogP contribution is -2.42. The first-order chi connectivity index (χ1) is 9.81. The fourth-order valence-electron chi connectivity index (χ4n) is 2.31. The predicted octanol–water partition coefficient (Wildman–Crippen LogP) is 1.33. The second-order valence-electron chi connectivity index (χ2n) is 5.17. The number of amides is 1. The summed E-state index contributed by atoms with van der Waals surface area (Å²) in [6.45, 7) is -0.0873. The molecule has 1 aliphatic rings. The van der Waals surface area contributed by atoms with Gasteiger partial charge in [0.15, 0.2) is 0 Å². The van der Waals surface area contributed by atoms with Crippen LogP contribution in [0.3, 0.4) is 0 Å². The maximum atomic E-state index is 12.5. The number of methoxy groups -OCH3 is 1. The maximum Gasteiger partial charge on any atom is 0.406 e. The molecule has 0 saturated carbocycles. The molecule has 1 atom stereocenters. The number of carbonyl (C=O) groups is 2. The van der Waals surface area contributed by atoms with Crippen molar-refractivity contribution in [1.29, 1.82) is 0 Å². The maximum absolute atomic E-state index is 12.5. The fraction of sp³-hybridized carbons (Fsp3) is 0.846. The van der Waals surface area contributed by atoms with Crippen LogP contribution >= 0.6 is 0 Å². The fourth-order valence-corrected chi connectivity index (χ4v) is 2.31. The molecule has 8 heteroatoms. The van der Waals surface area contributed by atoms with Gasteiger partial charge in [-0.3, -0.25) is 9.59 Å². The number of nitrogens with zero attached hydrogens (tertiary/aromatic N) is 1. The zero-order valence-electron chi connectivity index (χ0n) is 12.0. The summed E-state index contributed by atoms with van der Waals surface area (Å²) in [6.07, 6.45) is -2.89. The van der Waals surface area contributed by atoms with Gasteiger partial charge >= 0.3 is 12.1 Å². The molecule has 1 aliphatic heterocycles. The lowest BCUT2D eigenvalue weighted by molar-refractivity contribution is -0.163. The van der Waals surface area contributed by atoms with E-state index in [9.17, 15) is 22.8 Å². The molecule has 0 aliphatic carbocycles. The number of hydrogen-bond donors (Lipinski definition) is 1. The number of nitrogens with one attached hydrogen (secondary N) is 1. The van der Waals surface area contributed by atoms with Gasteiger partial charge in [0.1, 0.15) is 6.54 Å². The minimum atomic E-state index is -4.48. The number of halogens is 3. The third kappa shape index (κ3) is 7.31. The predicted molar refractivity (Wildman–Crippen MR) is 69.5 cm³/mol. The molecule has 1 unspecified atom stereocenters. The Bertz CT molecular complexity index is 355. The van der Waals surface area contributed by atoms with E-state index in [0.29, 0.717) is 11.4 Å². The molecule has 0 aromatic heterocycles. The van der Waals surface area contributed by atoms with Gasteiger partial charge in [-0.25, -0.2) is 0 Å². The van der Waals surface area contributed by atoms with E-state index in [2.05, 4.69) is 10.1 Å². The Morgan fingerprint density at radius 2 is 2.10 bits per heavy atom. The first kappa shape index (κ1) is 17.7. The highest BCUT2D eigenvalue weighted by Gasteiger charge is 2.33. The van der Waals surface area contributed by atoms with Crippen LogP contribution in [-0.4, -0.2) is 56.2 Å². The molecule has 0 radical (unpaired) electrons. The summed E-state index contributed by atoms with van der Waals surface area (Å²) in [6, 6.07) is 0. The average molecular weight is 310 g/mol. The Morgan fingerprint density at radius 1 is 1.38 bits per heavy atom. The molecule has 1 fully saturated rings. The molecule has 1 amide bonds. The van der Waals surface area contributed by atoms with E-state index >= 15 is 0 Å². The van der Waals surface area contributed by atoms with E-state index in [1.165, 1.54) is 0 Å². The van der Waals surface area contributed by atoms with Gasteiger partial charge in [-0.15, -0.1) is 0 Å². The Labute approximate surface area is 121 Å². The van der Waals surface area contributed by atoms with E-state index in [0.717, 1.165) is 26.5 Å². The largest absolute Gasteiger partial charge is 0.469 e. The quantitative estimate of drug-likeness (QED) is 0.752. The minimum absolute atomic E-state index is 0.0557. The Morgan fingerprint density at radius 3 is 2.62 bits per heavy atom. The van der Waals surface area contributed by atoms with E-state index in [1.54, 1.807) is 0 Å². The van der Waals surface area contributed by atoms with E-state index in [4.69, 9.17) is 0 Å². The van der Waals surface area contributed by atoms with Crippen LogP contribution in [0.15, 0.2) is 0 Å². The molecular formula is C13H21F3N2O3. The van der Waals surface area contributed by atoms with E-state index < -0.39 is 24.6 Å². The second kappa shape index (κ2) is 8.21. The SMILES string of the molecule is COC(=O)CCN(CC(F)(F)F)C(=O)CC1CCCNC1. The summed E-state index contributed by atoms with van der Waals surface area (Å²) in [5.41, 5.74) is 0. The van der Waals surface area contributed by atoms with Crippen molar-refractivity contribution in [3.8, 4) is 0 Å². The lowest BCUT2D eigenvalue weighted by atomic mass is 9.95. The minimum Gasteiger partial charge on any atom is -0.469 e. The molecule has 122 valence electrons. The number of hydrogen-bond acceptors (Lipinski definition) is 4. The monoisotopic (exact) mass is 310 g/mol. The van der Waals surface area contributed by atoms with Crippen LogP contribution in [0.1, 0.15) is 25.7 Å². The van der Waals surface area contributed by atoms with E-state index in [-0.39, 0.29) is 25.3 Å². The van der Waals surface area contributed by atoms with Crippen LogP contribution < -0.4 is 5.32 Å². The molecule has 1 heterocycles. The first-order valence-electron chi connectivity index (χ1n) is 6.94. The molecule has 0 spiro atoms. The normalized spacial score (nSPS) is 19.1. The number of rotatable bonds is 6. The third-order valence-electron chi connectivity index (χ3n) is 3.40. The Hall–Kier alpha value is -1.31. The molecule has 0 aromatic carbocycles. The van der Waals surface area contributed by atoms with Crippen molar-refractivity contribution in [2.75, 3.05) is 33.3 Å². The number of alkyl halides is 3. The molecule has 21 heavy (non-hydrogen) atoms. The number of ether oxygens (including phenoxy) is 1. The molecular weight excluding hydrogens is 289 g/mol. The Balaban J connectivity index is 2.56. The number of piperidine rings is 1.